The molecule has 0 N–H and O–H groups in total. The van der Waals surface area contributed by atoms with E-state index in [4.69, 9.17) is 9.47 Å². The molecule has 0 aromatic heterocycles. The minimum absolute atomic E-state index is 0.0220. The zero-order valence-electron chi connectivity index (χ0n) is 17.1. The summed E-state index contributed by atoms with van der Waals surface area (Å²) in [4.78, 5) is 26.6. The monoisotopic (exact) mass is 375 g/mol. The number of hydrogen-bond acceptors (Lipinski definition) is 4. The summed E-state index contributed by atoms with van der Waals surface area (Å²) in [5, 5.41) is 0. The van der Waals surface area contributed by atoms with Gasteiger partial charge in [-0.05, 0) is 68.1 Å². The van der Waals surface area contributed by atoms with Crippen molar-refractivity contribution in [1.82, 2.24) is 4.90 Å². The van der Waals surface area contributed by atoms with E-state index in [0.29, 0.717) is 17.8 Å². The minimum Gasteiger partial charge on any atom is -0.469 e. The Morgan fingerprint density at radius 1 is 1.07 bits per heavy atom. The van der Waals surface area contributed by atoms with Gasteiger partial charge in [-0.25, -0.2) is 4.79 Å². The maximum Gasteiger partial charge on any atom is 0.413 e. The van der Waals surface area contributed by atoms with Crippen LogP contribution in [0.15, 0.2) is 11.8 Å². The van der Waals surface area contributed by atoms with Crippen molar-refractivity contribution < 1.29 is 19.1 Å². The number of methoxy groups -OCH3 is 2. The van der Waals surface area contributed by atoms with Crippen molar-refractivity contribution in [2.45, 2.75) is 58.8 Å². The van der Waals surface area contributed by atoms with Crippen molar-refractivity contribution in [3.8, 4) is 0 Å². The highest BCUT2D eigenvalue weighted by Gasteiger charge is 2.60. The molecular formula is C22H33NO4. The number of nitrogens with zero attached hydrogens (tertiary/aromatic N) is 1. The van der Waals surface area contributed by atoms with Crippen molar-refractivity contribution >= 4 is 12.1 Å². The Bertz CT molecular complexity index is 673. The van der Waals surface area contributed by atoms with Crippen molar-refractivity contribution in [3.63, 3.8) is 0 Å². The summed E-state index contributed by atoms with van der Waals surface area (Å²) in [5.41, 5.74) is 1.29. The summed E-state index contributed by atoms with van der Waals surface area (Å²) in [7, 11) is 2.99. The molecule has 0 radical (unpaired) electrons. The number of esters is 1. The number of likely N-dealkylation sites (tertiary alicyclic amines) is 1. The topological polar surface area (TPSA) is 55.8 Å². The number of hydrogen-bond donors (Lipinski definition) is 0. The summed E-state index contributed by atoms with van der Waals surface area (Å²) in [6.07, 6.45) is 9.56. The van der Waals surface area contributed by atoms with Crippen molar-refractivity contribution in [1.29, 1.82) is 0 Å². The van der Waals surface area contributed by atoms with Crippen LogP contribution in [0.3, 0.4) is 0 Å². The molecule has 5 nitrogen and oxygen atoms in total. The zero-order valence-corrected chi connectivity index (χ0v) is 17.1. The third-order valence-corrected chi connectivity index (χ3v) is 8.67. The van der Waals surface area contributed by atoms with E-state index in [0.717, 1.165) is 51.5 Å². The molecular weight excluding hydrogens is 342 g/mol. The average molecular weight is 376 g/mol. The number of allylic oxidation sites excluding steroid dienone is 2. The van der Waals surface area contributed by atoms with Gasteiger partial charge < -0.3 is 9.47 Å². The molecule has 4 aliphatic rings. The van der Waals surface area contributed by atoms with Gasteiger partial charge in [0.15, 0.2) is 0 Å². The molecule has 4 rings (SSSR count). The number of amides is 1. The molecule has 0 spiro atoms. The quantitative estimate of drug-likeness (QED) is 0.639. The van der Waals surface area contributed by atoms with E-state index in [1.807, 2.05) is 4.90 Å². The number of carbonyl (C=O) groups excluding carboxylic acids is 2. The van der Waals surface area contributed by atoms with E-state index < -0.39 is 0 Å². The molecule has 27 heavy (non-hydrogen) atoms. The highest BCUT2D eigenvalue weighted by Crippen LogP contribution is 2.66. The van der Waals surface area contributed by atoms with Crippen LogP contribution in [-0.2, 0) is 14.3 Å². The van der Waals surface area contributed by atoms with E-state index in [9.17, 15) is 9.59 Å². The van der Waals surface area contributed by atoms with E-state index in [2.05, 4.69) is 19.9 Å². The first-order valence-electron chi connectivity index (χ1n) is 10.5. The summed E-state index contributed by atoms with van der Waals surface area (Å²) < 4.78 is 10.2. The summed E-state index contributed by atoms with van der Waals surface area (Å²) in [6, 6.07) is 0. The highest BCUT2D eigenvalue weighted by atomic mass is 16.5. The molecule has 5 heteroatoms. The van der Waals surface area contributed by atoms with E-state index in [-0.39, 0.29) is 28.8 Å². The Kier molecular flexibility index (Phi) is 4.55. The maximum atomic E-state index is 12.4. The van der Waals surface area contributed by atoms with Crippen LogP contribution in [0.4, 0.5) is 4.79 Å². The van der Waals surface area contributed by atoms with Crippen LogP contribution in [0.1, 0.15) is 58.8 Å². The molecule has 0 bridgehead atoms. The average Bonchev–Trinajstić information content (AvgIpc) is 3.03. The number of carbonyl (C=O) groups is 2. The Morgan fingerprint density at radius 2 is 1.85 bits per heavy atom. The molecule has 1 amide bonds. The fourth-order valence-electron chi connectivity index (χ4n) is 7.36. The molecule has 1 heterocycles. The van der Waals surface area contributed by atoms with Gasteiger partial charge in [0.25, 0.3) is 0 Å². The predicted molar refractivity (Wildman–Crippen MR) is 102 cm³/mol. The Balaban J connectivity index is 1.66. The third kappa shape index (κ3) is 2.56. The lowest BCUT2D eigenvalue weighted by molar-refractivity contribution is -0.152. The summed E-state index contributed by atoms with van der Waals surface area (Å²) in [5.74, 6) is 1.78. The molecule has 3 fully saturated rings. The zero-order chi connectivity index (χ0) is 19.4. The second-order valence-electron chi connectivity index (χ2n) is 9.54. The molecule has 0 aromatic rings. The lowest BCUT2D eigenvalue weighted by atomic mass is 9.49. The SMILES string of the molecule is COC(=O)C1CC[C@H]2[C@@H]3CC=C4N(C(=O)OC)CCC[C@]4(C)[C@@H]3CC[C@]12C. The number of ether oxygens (including phenoxy) is 2. The standard InChI is InChI=1S/C22H33NO4/c1-21-12-10-16-14(15(21)7-8-17(21)19(24)26-3)6-9-18-22(16,2)11-5-13-23(18)20(25)27-4/h9,14-17H,5-8,10-13H2,1-4H3/t14-,15-,16+,17?,21-,22+/m0/s1. The Labute approximate surface area is 162 Å². The van der Waals surface area contributed by atoms with Crippen LogP contribution < -0.4 is 0 Å². The largest absolute Gasteiger partial charge is 0.469 e. The van der Waals surface area contributed by atoms with Gasteiger partial charge in [0.2, 0.25) is 0 Å². The molecule has 1 saturated heterocycles. The minimum atomic E-state index is -0.224. The molecule has 6 atom stereocenters. The first-order chi connectivity index (χ1) is 12.9. The van der Waals surface area contributed by atoms with Crippen LogP contribution in [0.25, 0.3) is 0 Å². The van der Waals surface area contributed by atoms with Gasteiger partial charge in [0.1, 0.15) is 0 Å². The molecule has 3 aliphatic carbocycles. The fraction of sp³-hybridized carbons (Fsp3) is 0.818. The van der Waals surface area contributed by atoms with Gasteiger partial charge in [0, 0.05) is 17.7 Å². The highest BCUT2D eigenvalue weighted by molar-refractivity contribution is 5.74. The van der Waals surface area contributed by atoms with Crippen LogP contribution in [0.5, 0.6) is 0 Å². The summed E-state index contributed by atoms with van der Waals surface area (Å²) >= 11 is 0. The summed E-state index contributed by atoms with van der Waals surface area (Å²) in [6.45, 7) is 5.45. The van der Waals surface area contributed by atoms with Crippen LogP contribution in [0.2, 0.25) is 0 Å². The number of rotatable bonds is 1. The van der Waals surface area contributed by atoms with E-state index in [1.54, 1.807) is 0 Å². The van der Waals surface area contributed by atoms with Crippen molar-refractivity contribution in [2.24, 2.45) is 34.5 Å². The van der Waals surface area contributed by atoms with Gasteiger partial charge in [0.05, 0.1) is 20.1 Å². The number of fused-ring (bicyclic) bond motifs is 5. The maximum absolute atomic E-state index is 12.4. The second kappa shape index (κ2) is 6.52. The molecule has 1 aliphatic heterocycles. The van der Waals surface area contributed by atoms with Crippen LogP contribution in [-0.4, -0.2) is 37.7 Å². The number of piperidine rings is 1. The smallest absolute Gasteiger partial charge is 0.413 e. The lowest BCUT2D eigenvalue weighted by Gasteiger charge is -2.58. The third-order valence-electron chi connectivity index (χ3n) is 8.67. The van der Waals surface area contributed by atoms with Crippen molar-refractivity contribution in [3.05, 3.63) is 11.8 Å². The van der Waals surface area contributed by atoms with Gasteiger partial charge in [-0.15, -0.1) is 0 Å². The first-order valence-corrected chi connectivity index (χ1v) is 10.5. The normalized spacial score (nSPS) is 43.1. The van der Waals surface area contributed by atoms with Gasteiger partial charge in [-0.3, -0.25) is 9.69 Å². The second-order valence-corrected chi connectivity index (χ2v) is 9.54. The lowest BCUT2D eigenvalue weighted by Crippen LogP contribution is -2.54. The van der Waals surface area contributed by atoms with Crippen LogP contribution in [0, 0.1) is 34.5 Å². The molecule has 2 saturated carbocycles. The molecule has 1 unspecified atom stereocenters. The first kappa shape index (κ1) is 18.8. The van der Waals surface area contributed by atoms with Crippen LogP contribution >= 0.6 is 0 Å². The fourth-order valence-corrected chi connectivity index (χ4v) is 7.36. The molecule has 150 valence electrons. The van der Waals surface area contributed by atoms with Gasteiger partial charge in [-0.1, -0.05) is 19.9 Å². The van der Waals surface area contributed by atoms with Gasteiger partial charge in [-0.2, -0.15) is 0 Å². The Hall–Kier alpha value is -1.52. The van der Waals surface area contributed by atoms with Crippen molar-refractivity contribution in [2.75, 3.05) is 20.8 Å². The Morgan fingerprint density at radius 3 is 2.56 bits per heavy atom. The van der Waals surface area contributed by atoms with Gasteiger partial charge >= 0.3 is 12.1 Å². The van der Waals surface area contributed by atoms with E-state index >= 15 is 0 Å². The molecule has 0 aromatic carbocycles. The predicted octanol–water partition coefficient (Wildman–Crippen LogP) is 4.37. The van der Waals surface area contributed by atoms with E-state index in [1.165, 1.54) is 19.9 Å².